The summed E-state index contributed by atoms with van der Waals surface area (Å²) in [4.78, 5) is 13.0. The van der Waals surface area contributed by atoms with E-state index in [1.807, 2.05) is 16.8 Å². The zero-order valence-electron chi connectivity index (χ0n) is 17.8. The Hall–Kier alpha value is -2.55. The molecule has 1 aromatic heterocycles. The third-order valence-corrected chi connectivity index (χ3v) is 8.46. The van der Waals surface area contributed by atoms with Gasteiger partial charge < -0.3 is 9.88 Å². The third kappa shape index (κ3) is 4.42. The van der Waals surface area contributed by atoms with Gasteiger partial charge in [0, 0.05) is 55.8 Å². The van der Waals surface area contributed by atoms with E-state index in [2.05, 4.69) is 5.32 Å². The van der Waals surface area contributed by atoms with Gasteiger partial charge in [-0.2, -0.15) is 10.6 Å². The lowest BCUT2D eigenvalue weighted by atomic mass is 10.0. The lowest BCUT2D eigenvalue weighted by Crippen LogP contribution is -2.35. The Morgan fingerprint density at radius 1 is 1.06 bits per heavy atom. The molecule has 4 aromatic rings. The van der Waals surface area contributed by atoms with Gasteiger partial charge in [0.1, 0.15) is 5.82 Å². The topological polar surface area (TPSA) is 74.5 Å². The molecule has 1 fully saturated rings. The molecule has 0 saturated carbocycles. The third-order valence-electron chi connectivity index (χ3n) is 6.00. The minimum absolute atomic E-state index is 0.169. The summed E-state index contributed by atoms with van der Waals surface area (Å²) in [6.45, 7) is 0. The molecule has 1 saturated heterocycles. The number of hydrogen-bond donors (Lipinski definition) is 3. The molecule has 0 aliphatic carbocycles. The normalized spacial score (nSPS) is 18.2. The van der Waals surface area contributed by atoms with Gasteiger partial charge in [-0.15, -0.1) is 0 Å². The van der Waals surface area contributed by atoms with Crippen LogP contribution in [-0.2, 0) is 0 Å². The number of carbonyl (C=O) groups excluding carboxylic acids is 1. The highest BCUT2D eigenvalue weighted by atomic mass is 35.5. The first kappa shape index (κ1) is 23.2. The fraction of sp³-hybridized carbons (Fsp3) is 0.160. The Bertz CT molecular complexity index is 1390. The van der Waals surface area contributed by atoms with Gasteiger partial charge in [0.05, 0.1) is 11.3 Å². The van der Waals surface area contributed by atoms with Crippen LogP contribution in [0, 0.1) is 5.82 Å². The van der Waals surface area contributed by atoms with Crippen molar-refractivity contribution >= 4 is 50.6 Å². The molecule has 0 spiro atoms. The number of aromatic nitrogens is 1. The van der Waals surface area contributed by atoms with Crippen molar-refractivity contribution in [3.63, 3.8) is 0 Å². The van der Waals surface area contributed by atoms with Gasteiger partial charge in [0.25, 0.3) is 5.91 Å². The standard InChI is InChI=1S/C25H21Cl2FN2O3S/c26-21-2-1-3-22(27)24(21)20-13-30(18-7-5-16(28)6-8-18)23-12-15(4-9-19(20)23)25(31)29-17-10-11-34(32,33)14-17/h1-9,12-13,17,32-33H,10-11,14H2,(H,29,31). The number of amides is 1. The van der Waals surface area contributed by atoms with Crippen molar-refractivity contribution in [2.24, 2.45) is 0 Å². The van der Waals surface area contributed by atoms with Crippen LogP contribution >= 0.6 is 33.8 Å². The highest BCUT2D eigenvalue weighted by Crippen LogP contribution is 2.45. The monoisotopic (exact) mass is 518 g/mol. The SMILES string of the molecule is O=C(NC1CCS(O)(O)C1)c1ccc2c(-c3c(Cl)cccc3Cl)cn(-c3ccc(F)cc3)c2c1. The molecule has 9 heteroatoms. The maximum absolute atomic E-state index is 13.6. The Labute approximate surface area is 207 Å². The zero-order valence-corrected chi connectivity index (χ0v) is 20.2. The molecular weight excluding hydrogens is 498 g/mol. The van der Waals surface area contributed by atoms with E-state index in [-0.39, 0.29) is 23.5 Å². The zero-order chi connectivity index (χ0) is 24.0. The molecule has 1 unspecified atom stereocenters. The Balaban J connectivity index is 1.62. The summed E-state index contributed by atoms with van der Waals surface area (Å²) in [6, 6.07) is 16.4. The molecular formula is C25H21Cl2FN2O3S. The van der Waals surface area contributed by atoms with Gasteiger partial charge in [-0.3, -0.25) is 13.9 Å². The molecule has 1 aliphatic rings. The second kappa shape index (κ2) is 8.91. The number of fused-ring (bicyclic) bond motifs is 1. The van der Waals surface area contributed by atoms with Crippen LogP contribution < -0.4 is 5.32 Å². The number of carbonyl (C=O) groups is 1. The van der Waals surface area contributed by atoms with E-state index < -0.39 is 10.6 Å². The predicted octanol–water partition coefficient (Wildman–Crippen LogP) is 7.00. The summed E-state index contributed by atoms with van der Waals surface area (Å²) in [6.07, 6.45) is 2.40. The minimum atomic E-state index is -2.61. The molecule has 3 aromatic carbocycles. The summed E-state index contributed by atoms with van der Waals surface area (Å²) in [5.74, 6) is -0.181. The molecule has 5 rings (SSSR count). The number of rotatable bonds is 4. The van der Waals surface area contributed by atoms with Gasteiger partial charge in [-0.05, 0) is 55.0 Å². The van der Waals surface area contributed by atoms with E-state index in [0.29, 0.717) is 39.0 Å². The summed E-state index contributed by atoms with van der Waals surface area (Å²) >= 11 is 13.0. The van der Waals surface area contributed by atoms with Crippen LogP contribution in [0.4, 0.5) is 4.39 Å². The Morgan fingerprint density at radius 3 is 2.41 bits per heavy atom. The average Bonchev–Trinajstić information content (AvgIpc) is 3.33. The van der Waals surface area contributed by atoms with E-state index in [9.17, 15) is 18.3 Å². The quantitative estimate of drug-likeness (QED) is 0.272. The van der Waals surface area contributed by atoms with Crippen LogP contribution in [0.2, 0.25) is 10.0 Å². The van der Waals surface area contributed by atoms with Crippen molar-refractivity contribution in [3.8, 4) is 16.8 Å². The summed E-state index contributed by atoms with van der Waals surface area (Å²) in [5, 5.41) is 4.71. The van der Waals surface area contributed by atoms with Gasteiger partial charge >= 0.3 is 0 Å². The largest absolute Gasteiger partial charge is 0.348 e. The molecule has 5 nitrogen and oxygen atoms in total. The summed E-state index contributed by atoms with van der Waals surface area (Å²) in [5.41, 5.74) is 3.31. The van der Waals surface area contributed by atoms with Crippen molar-refractivity contribution in [2.45, 2.75) is 12.5 Å². The average molecular weight is 519 g/mol. The van der Waals surface area contributed by atoms with Gasteiger partial charge in [-0.25, -0.2) is 4.39 Å². The second-order valence-electron chi connectivity index (χ2n) is 8.35. The van der Waals surface area contributed by atoms with Gasteiger partial charge in [0.15, 0.2) is 0 Å². The van der Waals surface area contributed by atoms with E-state index in [1.165, 1.54) is 12.1 Å². The molecule has 3 N–H and O–H groups in total. The highest BCUT2D eigenvalue weighted by Gasteiger charge is 2.29. The number of halogens is 3. The molecule has 2 heterocycles. The fourth-order valence-corrected chi connectivity index (χ4v) is 6.66. The molecule has 0 radical (unpaired) electrons. The first-order valence-electron chi connectivity index (χ1n) is 10.6. The van der Waals surface area contributed by atoms with Crippen LogP contribution in [0.3, 0.4) is 0 Å². The van der Waals surface area contributed by atoms with E-state index in [4.69, 9.17) is 23.2 Å². The number of nitrogens with one attached hydrogen (secondary N) is 1. The van der Waals surface area contributed by atoms with Crippen molar-refractivity contribution in [1.29, 1.82) is 0 Å². The molecule has 0 bridgehead atoms. The van der Waals surface area contributed by atoms with Crippen LogP contribution in [0.15, 0.2) is 66.9 Å². The van der Waals surface area contributed by atoms with Crippen molar-refractivity contribution in [1.82, 2.24) is 9.88 Å². The Kier molecular flexibility index (Phi) is 6.08. The molecule has 1 amide bonds. The second-order valence-corrected chi connectivity index (χ2v) is 11.5. The number of nitrogens with zero attached hydrogens (tertiary/aromatic N) is 1. The molecule has 176 valence electrons. The number of benzene rings is 3. The molecule has 1 aliphatic heterocycles. The first-order chi connectivity index (χ1) is 16.2. The summed E-state index contributed by atoms with van der Waals surface area (Å²) in [7, 11) is -2.61. The van der Waals surface area contributed by atoms with Crippen molar-refractivity contribution in [3.05, 3.63) is 88.3 Å². The van der Waals surface area contributed by atoms with Gasteiger partial charge in [0.2, 0.25) is 0 Å². The number of hydrogen-bond acceptors (Lipinski definition) is 3. The van der Waals surface area contributed by atoms with Crippen LogP contribution in [-0.4, -0.2) is 37.1 Å². The fourth-order valence-electron chi connectivity index (χ4n) is 4.34. The van der Waals surface area contributed by atoms with Crippen LogP contribution in [0.5, 0.6) is 0 Å². The Morgan fingerprint density at radius 2 is 1.76 bits per heavy atom. The molecule has 1 atom stereocenters. The lowest BCUT2D eigenvalue weighted by Gasteiger charge is -2.26. The van der Waals surface area contributed by atoms with Crippen LogP contribution in [0.1, 0.15) is 16.8 Å². The maximum Gasteiger partial charge on any atom is 0.251 e. The van der Waals surface area contributed by atoms with E-state index in [1.54, 1.807) is 42.5 Å². The van der Waals surface area contributed by atoms with E-state index >= 15 is 0 Å². The van der Waals surface area contributed by atoms with E-state index in [0.717, 1.165) is 16.5 Å². The minimum Gasteiger partial charge on any atom is -0.348 e. The first-order valence-corrected chi connectivity index (χ1v) is 13.3. The smallest absolute Gasteiger partial charge is 0.251 e. The highest BCUT2D eigenvalue weighted by molar-refractivity contribution is 8.24. The molecule has 34 heavy (non-hydrogen) atoms. The van der Waals surface area contributed by atoms with Crippen molar-refractivity contribution in [2.75, 3.05) is 11.5 Å². The van der Waals surface area contributed by atoms with Crippen LogP contribution in [0.25, 0.3) is 27.7 Å². The predicted molar refractivity (Wildman–Crippen MR) is 137 cm³/mol. The van der Waals surface area contributed by atoms with Crippen molar-refractivity contribution < 1.29 is 18.3 Å². The maximum atomic E-state index is 13.6. The summed E-state index contributed by atoms with van der Waals surface area (Å²) < 4.78 is 35.2. The lowest BCUT2D eigenvalue weighted by molar-refractivity contribution is 0.0941. The van der Waals surface area contributed by atoms with Gasteiger partial charge in [-0.1, -0.05) is 35.3 Å².